The van der Waals surface area contributed by atoms with Crippen LogP contribution in [0.25, 0.3) is 5.69 Å². The lowest BCUT2D eigenvalue weighted by molar-refractivity contribution is -0.384. The van der Waals surface area contributed by atoms with Crippen molar-refractivity contribution in [2.75, 3.05) is 0 Å². The SMILES string of the molecule is O=[N+]([O-])c1ccc(Oc2ccc(-n3cncn3)cc2)cc1. The fourth-order valence-corrected chi connectivity index (χ4v) is 1.78. The van der Waals surface area contributed by atoms with Crippen LogP contribution in [0.15, 0.2) is 61.2 Å². The smallest absolute Gasteiger partial charge is 0.269 e. The zero-order valence-corrected chi connectivity index (χ0v) is 10.8. The third-order valence-electron chi connectivity index (χ3n) is 2.80. The maximum absolute atomic E-state index is 10.6. The summed E-state index contributed by atoms with van der Waals surface area (Å²) in [6.45, 7) is 0. The van der Waals surface area contributed by atoms with Crippen molar-refractivity contribution in [1.29, 1.82) is 0 Å². The summed E-state index contributed by atoms with van der Waals surface area (Å²) in [6, 6.07) is 13.2. The number of nitro groups is 1. The summed E-state index contributed by atoms with van der Waals surface area (Å²) >= 11 is 0. The Morgan fingerprint density at radius 1 is 1.00 bits per heavy atom. The predicted molar refractivity (Wildman–Crippen MR) is 74.5 cm³/mol. The summed E-state index contributed by atoms with van der Waals surface area (Å²) in [5, 5.41) is 14.6. The van der Waals surface area contributed by atoms with E-state index in [0.717, 1.165) is 5.69 Å². The average Bonchev–Trinajstić information content (AvgIpc) is 3.03. The summed E-state index contributed by atoms with van der Waals surface area (Å²) in [6.07, 6.45) is 3.06. The molecule has 0 atom stereocenters. The highest BCUT2D eigenvalue weighted by Gasteiger charge is 2.05. The van der Waals surface area contributed by atoms with E-state index in [1.54, 1.807) is 35.3 Å². The molecule has 104 valence electrons. The molecule has 0 saturated carbocycles. The molecule has 0 spiro atoms. The number of hydrogen-bond acceptors (Lipinski definition) is 5. The van der Waals surface area contributed by atoms with Crippen LogP contribution in [-0.2, 0) is 0 Å². The molecule has 7 heteroatoms. The van der Waals surface area contributed by atoms with Gasteiger partial charge in [0, 0.05) is 12.1 Å². The third-order valence-corrected chi connectivity index (χ3v) is 2.80. The largest absolute Gasteiger partial charge is 0.457 e. The molecule has 0 bridgehead atoms. The Bertz CT molecular complexity index is 737. The maximum Gasteiger partial charge on any atom is 0.269 e. The highest BCUT2D eigenvalue weighted by Crippen LogP contribution is 2.24. The Labute approximate surface area is 119 Å². The van der Waals surface area contributed by atoms with E-state index in [9.17, 15) is 10.1 Å². The zero-order valence-electron chi connectivity index (χ0n) is 10.8. The number of rotatable bonds is 4. The standard InChI is InChI=1S/C14H10N4O3/c19-18(20)12-3-7-14(8-4-12)21-13-5-1-11(2-6-13)17-10-15-9-16-17/h1-10H. The molecule has 2 aromatic carbocycles. The molecule has 3 aromatic rings. The Morgan fingerprint density at radius 3 is 2.14 bits per heavy atom. The van der Waals surface area contributed by atoms with Crippen LogP contribution in [0.1, 0.15) is 0 Å². The molecule has 0 aliphatic heterocycles. The Kier molecular flexibility index (Phi) is 3.30. The first kappa shape index (κ1) is 12.8. The van der Waals surface area contributed by atoms with Crippen molar-refractivity contribution < 1.29 is 9.66 Å². The minimum atomic E-state index is -0.448. The molecular formula is C14H10N4O3. The van der Waals surface area contributed by atoms with Crippen molar-refractivity contribution in [3.05, 3.63) is 71.3 Å². The van der Waals surface area contributed by atoms with Crippen LogP contribution >= 0.6 is 0 Å². The number of benzene rings is 2. The Morgan fingerprint density at radius 2 is 1.62 bits per heavy atom. The van der Waals surface area contributed by atoms with Gasteiger partial charge in [-0.3, -0.25) is 10.1 Å². The normalized spacial score (nSPS) is 10.3. The first-order chi connectivity index (χ1) is 10.2. The highest BCUT2D eigenvalue weighted by molar-refractivity contribution is 5.41. The summed E-state index contributed by atoms with van der Waals surface area (Å²) < 4.78 is 7.25. The van der Waals surface area contributed by atoms with Crippen LogP contribution in [0.3, 0.4) is 0 Å². The second-order valence-electron chi connectivity index (χ2n) is 4.19. The topological polar surface area (TPSA) is 83.1 Å². The van der Waals surface area contributed by atoms with Crippen molar-refractivity contribution in [3.63, 3.8) is 0 Å². The number of non-ortho nitro benzene ring substituents is 1. The quantitative estimate of drug-likeness (QED) is 0.542. The molecule has 1 aromatic heterocycles. The second kappa shape index (κ2) is 5.41. The van der Waals surface area contributed by atoms with Gasteiger partial charge in [-0.15, -0.1) is 0 Å². The molecule has 0 N–H and O–H groups in total. The average molecular weight is 282 g/mol. The van der Waals surface area contributed by atoms with Gasteiger partial charge in [0.05, 0.1) is 10.6 Å². The van der Waals surface area contributed by atoms with Crippen molar-refractivity contribution in [3.8, 4) is 17.2 Å². The van der Waals surface area contributed by atoms with Crippen molar-refractivity contribution >= 4 is 5.69 Å². The molecule has 0 fully saturated rings. The van der Waals surface area contributed by atoms with Crippen molar-refractivity contribution in [2.45, 2.75) is 0 Å². The monoisotopic (exact) mass is 282 g/mol. The molecule has 0 radical (unpaired) electrons. The van der Waals surface area contributed by atoms with Crippen LogP contribution in [0.2, 0.25) is 0 Å². The van der Waals surface area contributed by atoms with Gasteiger partial charge in [0.15, 0.2) is 0 Å². The van der Waals surface area contributed by atoms with E-state index >= 15 is 0 Å². The molecule has 1 heterocycles. The minimum absolute atomic E-state index is 0.0314. The van der Waals surface area contributed by atoms with Crippen molar-refractivity contribution in [1.82, 2.24) is 14.8 Å². The van der Waals surface area contributed by atoms with E-state index in [2.05, 4.69) is 10.1 Å². The predicted octanol–water partition coefficient (Wildman–Crippen LogP) is 2.97. The molecule has 0 aliphatic carbocycles. The lowest BCUT2D eigenvalue weighted by Gasteiger charge is -2.06. The van der Waals surface area contributed by atoms with Gasteiger partial charge in [-0.05, 0) is 36.4 Å². The van der Waals surface area contributed by atoms with Gasteiger partial charge in [-0.2, -0.15) is 5.10 Å². The highest BCUT2D eigenvalue weighted by atomic mass is 16.6. The summed E-state index contributed by atoms with van der Waals surface area (Å²) in [4.78, 5) is 14.0. The molecular weight excluding hydrogens is 272 g/mol. The lowest BCUT2D eigenvalue weighted by atomic mass is 10.3. The van der Waals surface area contributed by atoms with E-state index in [1.165, 1.54) is 18.5 Å². The fourth-order valence-electron chi connectivity index (χ4n) is 1.78. The van der Waals surface area contributed by atoms with E-state index in [-0.39, 0.29) is 5.69 Å². The Hall–Kier alpha value is -3.22. The van der Waals surface area contributed by atoms with E-state index in [1.807, 2.05) is 12.1 Å². The zero-order chi connectivity index (χ0) is 14.7. The molecule has 0 aliphatic rings. The number of nitrogens with zero attached hydrogens (tertiary/aromatic N) is 4. The Balaban J connectivity index is 1.74. The molecule has 0 unspecified atom stereocenters. The van der Waals surface area contributed by atoms with E-state index in [0.29, 0.717) is 11.5 Å². The maximum atomic E-state index is 10.6. The lowest BCUT2D eigenvalue weighted by Crippen LogP contribution is -1.94. The van der Waals surface area contributed by atoms with Gasteiger partial charge in [0.2, 0.25) is 0 Å². The number of nitro benzene ring substituents is 1. The van der Waals surface area contributed by atoms with Gasteiger partial charge in [0.25, 0.3) is 5.69 Å². The minimum Gasteiger partial charge on any atom is -0.457 e. The van der Waals surface area contributed by atoms with Crippen LogP contribution in [0, 0.1) is 10.1 Å². The van der Waals surface area contributed by atoms with Crippen LogP contribution in [0.5, 0.6) is 11.5 Å². The van der Waals surface area contributed by atoms with E-state index < -0.39 is 4.92 Å². The first-order valence-electron chi connectivity index (χ1n) is 6.10. The summed E-state index contributed by atoms with van der Waals surface area (Å²) in [5.41, 5.74) is 0.896. The van der Waals surface area contributed by atoms with Gasteiger partial charge in [-0.1, -0.05) is 0 Å². The second-order valence-corrected chi connectivity index (χ2v) is 4.19. The molecule has 3 rings (SSSR count). The summed E-state index contributed by atoms with van der Waals surface area (Å²) in [5.74, 6) is 1.17. The molecule has 7 nitrogen and oxygen atoms in total. The first-order valence-corrected chi connectivity index (χ1v) is 6.10. The van der Waals surface area contributed by atoms with Gasteiger partial charge in [-0.25, -0.2) is 9.67 Å². The number of aromatic nitrogens is 3. The van der Waals surface area contributed by atoms with Crippen molar-refractivity contribution in [2.24, 2.45) is 0 Å². The number of ether oxygens (including phenoxy) is 1. The van der Waals surface area contributed by atoms with Gasteiger partial charge in [0.1, 0.15) is 24.2 Å². The number of hydrogen-bond donors (Lipinski definition) is 0. The van der Waals surface area contributed by atoms with Gasteiger partial charge >= 0.3 is 0 Å². The van der Waals surface area contributed by atoms with Crippen LogP contribution in [0.4, 0.5) is 5.69 Å². The third kappa shape index (κ3) is 2.86. The molecule has 0 amide bonds. The summed E-state index contributed by atoms with van der Waals surface area (Å²) in [7, 11) is 0. The molecule has 0 saturated heterocycles. The molecule has 21 heavy (non-hydrogen) atoms. The van der Waals surface area contributed by atoms with Gasteiger partial charge < -0.3 is 4.74 Å². The van der Waals surface area contributed by atoms with Crippen LogP contribution in [-0.4, -0.2) is 19.7 Å². The van der Waals surface area contributed by atoms with Crippen LogP contribution < -0.4 is 4.74 Å². The van der Waals surface area contributed by atoms with E-state index in [4.69, 9.17) is 4.74 Å². The fraction of sp³-hybridized carbons (Fsp3) is 0.